The second kappa shape index (κ2) is 16.0. The van der Waals surface area contributed by atoms with Gasteiger partial charge in [0.15, 0.2) is 0 Å². The van der Waals surface area contributed by atoms with Gasteiger partial charge in [-0.3, -0.25) is 29.9 Å². The van der Waals surface area contributed by atoms with Gasteiger partial charge in [-0.05, 0) is 36.4 Å². The molecule has 0 aliphatic carbocycles. The summed E-state index contributed by atoms with van der Waals surface area (Å²) in [5.74, 6) is 0. The molecule has 7 nitrogen and oxygen atoms in total. The SMILES string of the molecule is N#C[S-].[Ce+3].c1cnc2c(c1)ccc1cccnc12.c1cnc2c(c1)ccc1cccnc12.c1cnc2c(c1)ccc1cccnc12. The smallest absolute Gasteiger partial charge is 0.696 e. The van der Waals surface area contributed by atoms with Crippen LogP contribution in [0.25, 0.3) is 65.4 Å². The van der Waals surface area contributed by atoms with Crippen molar-refractivity contribution in [1.82, 2.24) is 29.9 Å². The quantitative estimate of drug-likeness (QED) is 0.0870. The minimum atomic E-state index is 0. The van der Waals surface area contributed by atoms with Crippen molar-refractivity contribution >= 4 is 78.0 Å². The fourth-order valence-corrected chi connectivity index (χ4v) is 5.04. The van der Waals surface area contributed by atoms with Crippen LogP contribution in [-0.2, 0) is 12.6 Å². The molecule has 0 saturated heterocycles. The van der Waals surface area contributed by atoms with E-state index in [4.69, 9.17) is 5.26 Å². The number of aromatic nitrogens is 6. The number of rotatable bonds is 0. The third kappa shape index (κ3) is 7.36. The van der Waals surface area contributed by atoms with E-state index >= 15 is 0 Å². The van der Waals surface area contributed by atoms with Gasteiger partial charge in [-0.25, -0.2) is 5.26 Å². The molecule has 9 aromatic rings. The molecule has 0 unspecified atom stereocenters. The topological polar surface area (TPSA) is 101 Å². The molecule has 0 aliphatic rings. The molecular formula is C37H24CeN7S+2. The summed E-state index contributed by atoms with van der Waals surface area (Å²) in [6.45, 7) is 0. The monoisotopic (exact) mass is 738 g/mol. The maximum absolute atomic E-state index is 7.13. The third-order valence-corrected chi connectivity index (χ3v) is 7.03. The van der Waals surface area contributed by atoms with Gasteiger partial charge in [0.25, 0.3) is 0 Å². The number of hydrogen-bond donors (Lipinski definition) is 0. The summed E-state index contributed by atoms with van der Waals surface area (Å²) < 4.78 is 0. The first-order valence-corrected chi connectivity index (χ1v) is 14.4. The number of nitrogens with zero attached hydrogens (tertiary/aromatic N) is 7. The van der Waals surface area contributed by atoms with Gasteiger partial charge in [0.1, 0.15) is 0 Å². The van der Waals surface area contributed by atoms with Gasteiger partial charge >= 0.3 is 41.7 Å². The van der Waals surface area contributed by atoms with Crippen LogP contribution in [0.4, 0.5) is 0 Å². The van der Waals surface area contributed by atoms with Crippen LogP contribution < -0.4 is 0 Å². The number of pyridine rings is 6. The van der Waals surface area contributed by atoms with Crippen molar-refractivity contribution in [2.75, 3.05) is 0 Å². The van der Waals surface area contributed by atoms with E-state index in [1.54, 1.807) is 37.2 Å². The summed E-state index contributed by atoms with van der Waals surface area (Å²) in [4.78, 5) is 26.1. The Morgan fingerprint density at radius 2 is 0.500 bits per heavy atom. The fraction of sp³-hybridized carbons (Fsp3) is 0. The third-order valence-electron chi connectivity index (χ3n) is 7.03. The van der Waals surface area contributed by atoms with Crippen molar-refractivity contribution in [1.29, 1.82) is 5.26 Å². The summed E-state index contributed by atoms with van der Waals surface area (Å²) in [5.41, 5.74) is 5.86. The normalized spacial score (nSPS) is 10.1. The van der Waals surface area contributed by atoms with Crippen LogP contribution in [0.15, 0.2) is 146 Å². The van der Waals surface area contributed by atoms with Crippen molar-refractivity contribution in [2.45, 2.75) is 0 Å². The molecule has 6 aromatic heterocycles. The Morgan fingerprint density at radius 1 is 0.348 bits per heavy atom. The average molecular weight is 739 g/mol. The number of thiocyanates is 1. The molecule has 6 heterocycles. The molecule has 3 aromatic carbocycles. The van der Waals surface area contributed by atoms with E-state index in [1.165, 1.54) is 5.40 Å². The first kappa shape index (κ1) is 32.6. The molecule has 0 N–H and O–H groups in total. The Balaban J connectivity index is 0.000000129. The van der Waals surface area contributed by atoms with Crippen LogP contribution >= 0.6 is 0 Å². The molecule has 0 aliphatic heterocycles. The molecule has 0 bridgehead atoms. The van der Waals surface area contributed by atoms with Crippen molar-refractivity contribution < 1.29 is 41.7 Å². The van der Waals surface area contributed by atoms with Crippen molar-refractivity contribution in [2.24, 2.45) is 0 Å². The first-order valence-electron chi connectivity index (χ1n) is 14.0. The largest absolute Gasteiger partial charge is 3.00 e. The molecule has 9 rings (SSSR count). The molecule has 0 spiro atoms. The fourth-order valence-electron chi connectivity index (χ4n) is 5.04. The molecule has 1 radical (unpaired) electrons. The number of benzene rings is 3. The summed E-state index contributed by atoms with van der Waals surface area (Å²) in [6, 6.07) is 36.4. The minimum Gasteiger partial charge on any atom is -0.696 e. The van der Waals surface area contributed by atoms with E-state index in [-0.39, 0.29) is 41.7 Å². The Kier molecular flexibility index (Phi) is 11.3. The van der Waals surface area contributed by atoms with Gasteiger partial charge in [-0.1, -0.05) is 78.2 Å². The Morgan fingerprint density at radius 3 is 0.652 bits per heavy atom. The number of fused-ring (bicyclic) bond motifs is 9. The van der Waals surface area contributed by atoms with Crippen LogP contribution in [0.5, 0.6) is 0 Å². The van der Waals surface area contributed by atoms with Crippen molar-refractivity contribution in [3.05, 3.63) is 146 Å². The van der Waals surface area contributed by atoms with E-state index in [9.17, 15) is 0 Å². The standard InChI is InChI=1S/3C12H8N2.CHNS.Ce/c3*1-3-9-5-6-10-4-2-8-14-12(10)11(9)13-7-1;2-1-3;/h3*1-8H;3H;/q;;;;+3/p-1. The van der Waals surface area contributed by atoms with Gasteiger partial charge < -0.3 is 12.6 Å². The van der Waals surface area contributed by atoms with Crippen LogP contribution in [0.2, 0.25) is 0 Å². The maximum atomic E-state index is 7.13. The number of nitriles is 1. The van der Waals surface area contributed by atoms with Gasteiger partial charge in [0, 0.05) is 69.5 Å². The molecule has 0 amide bonds. The second-order valence-corrected chi connectivity index (χ2v) is 9.92. The van der Waals surface area contributed by atoms with Gasteiger partial charge in [0.05, 0.1) is 33.1 Å². The second-order valence-electron chi connectivity index (χ2n) is 9.74. The minimum absolute atomic E-state index is 0. The maximum Gasteiger partial charge on any atom is 3.00 e. The Hall–Kier alpha value is -4.79. The van der Waals surface area contributed by atoms with Crippen LogP contribution in [0, 0.1) is 52.4 Å². The van der Waals surface area contributed by atoms with E-state index in [0.717, 1.165) is 65.4 Å². The van der Waals surface area contributed by atoms with E-state index in [2.05, 4.69) is 115 Å². The van der Waals surface area contributed by atoms with Crippen molar-refractivity contribution in [3.8, 4) is 5.40 Å². The summed E-state index contributed by atoms with van der Waals surface area (Å²) in [5, 5.41) is 15.3. The zero-order valence-electron chi connectivity index (χ0n) is 24.4. The average Bonchev–Trinajstić information content (AvgIpc) is 3.12. The van der Waals surface area contributed by atoms with Crippen LogP contribution in [-0.4, -0.2) is 29.9 Å². The van der Waals surface area contributed by atoms with Crippen LogP contribution in [0.1, 0.15) is 0 Å². The first-order chi connectivity index (χ1) is 22.3. The van der Waals surface area contributed by atoms with Gasteiger partial charge in [-0.15, -0.1) is 0 Å². The van der Waals surface area contributed by atoms with Crippen LogP contribution in [0.3, 0.4) is 0 Å². The van der Waals surface area contributed by atoms with Crippen molar-refractivity contribution in [3.63, 3.8) is 0 Å². The van der Waals surface area contributed by atoms with E-state index in [0.29, 0.717) is 0 Å². The molecule has 215 valence electrons. The van der Waals surface area contributed by atoms with Gasteiger partial charge in [0.2, 0.25) is 0 Å². The molecule has 46 heavy (non-hydrogen) atoms. The summed E-state index contributed by atoms with van der Waals surface area (Å²) in [6.07, 6.45) is 10.8. The zero-order chi connectivity index (χ0) is 30.8. The van der Waals surface area contributed by atoms with E-state index in [1.807, 2.05) is 36.4 Å². The Labute approximate surface area is 304 Å². The molecule has 0 atom stereocenters. The summed E-state index contributed by atoms with van der Waals surface area (Å²) >= 11 is 3.70. The number of hydrogen-bond acceptors (Lipinski definition) is 8. The van der Waals surface area contributed by atoms with E-state index < -0.39 is 0 Å². The predicted octanol–water partition coefficient (Wildman–Crippen LogP) is 8.36. The van der Waals surface area contributed by atoms with Gasteiger partial charge in [-0.2, -0.15) is 0 Å². The predicted molar refractivity (Wildman–Crippen MR) is 184 cm³/mol. The Bertz CT molecular complexity index is 2020. The zero-order valence-corrected chi connectivity index (χ0v) is 28.4. The molecular weight excluding hydrogens is 715 g/mol. The molecule has 9 heteroatoms. The summed E-state index contributed by atoms with van der Waals surface area (Å²) in [7, 11) is 0. The molecule has 0 saturated carbocycles. The molecule has 0 fully saturated rings.